The minimum absolute atomic E-state index is 0.403. The van der Waals surface area contributed by atoms with Crippen LogP contribution in [-0.2, 0) is 0 Å². The van der Waals surface area contributed by atoms with Gasteiger partial charge in [0.2, 0.25) is 5.95 Å². The Morgan fingerprint density at radius 2 is 1.80 bits per heavy atom. The topological polar surface area (TPSA) is 108 Å². The number of nitrogens with one attached hydrogen (secondary N) is 2. The molecule has 3 heterocycles. The Morgan fingerprint density at radius 1 is 1.00 bits per heavy atom. The number of hydrogen-bond donors (Lipinski definition) is 2. The molecule has 0 atom stereocenters. The van der Waals surface area contributed by atoms with Crippen LogP contribution in [0.3, 0.4) is 0 Å². The molecule has 35 heavy (non-hydrogen) atoms. The lowest BCUT2D eigenvalue weighted by atomic mass is 10.0. The predicted octanol–water partition coefficient (Wildman–Crippen LogP) is 4.15. The highest BCUT2D eigenvalue weighted by atomic mass is 15.3. The molecule has 5 rings (SSSR count). The Morgan fingerprint density at radius 3 is 2.51 bits per heavy atom. The van der Waals surface area contributed by atoms with Crippen molar-refractivity contribution in [3.05, 3.63) is 72.4 Å². The van der Waals surface area contributed by atoms with Gasteiger partial charge in [-0.15, -0.1) is 0 Å². The summed E-state index contributed by atoms with van der Waals surface area (Å²) in [6.45, 7) is 4.00. The van der Waals surface area contributed by atoms with Gasteiger partial charge in [0.05, 0.1) is 23.0 Å². The molecule has 1 aliphatic heterocycles. The molecule has 4 aromatic rings. The van der Waals surface area contributed by atoms with Crippen LogP contribution in [0.1, 0.15) is 24.2 Å². The second-order valence-electron chi connectivity index (χ2n) is 8.81. The maximum atomic E-state index is 9.59. The second-order valence-corrected chi connectivity index (χ2v) is 8.81. The SMILES string of the molecule is Cc1ncn(-c2ccc(Nc3nccc(-c4cc(C#N)cc(NC5CCN(C)CC5)c4)n3)cc2)n1. The third-order valence-electron chi connectivity index (χ3n) is 6.10. The summed E-state index contributed by atoms with van der Waals surface area (Å²) < 4.78 is 1.73. The summed E-state index contributed by atoms with van der Waals surface area (Å²) >= 11 is 0. The van der Waals surface area contributed by atoms with Gasteiger partial charge >= 0.3 is 0 Å². The maximum Gasteiger partial charge on any atom is 0.227 e. The van der Waals surface area contributed by atoms with E-state index in [0.717, 1.165) is 60.1 Å². The number of benzene rings is 2. The van der Waals surface area contributed by atoms with E-state index in [2.05, 4.69) is 49.8 Å². The molecule has 1 fully saturated rings. The molecule has 2 aromatic carbocycles. The number of anilines is 3. The van der Waals surface area contributed by atoms with Crippen molar-refractivity contribution in [1.82, 2.24) is 29.6 Å². The molecule has 0 unspecified atom stereocenters. The molecule has 0 spiro atoms. The van der Waals surface area contributed by atoms with Gasteiger partial charge < -0.3 is 15.5 Å². The van der Waals surface area contributed by atoms with Crippen molar-refractivity contribution in [3.8, 4) is 23.0 Å². The van der Waals surface area contributed by atoms with E-state index in [0.29, 0.717) is 17.6 Å². The quantitative estimate of drug-likeness (QED) is 0.437. The first-order valence-electron chi connectivity index (χ1n) is 11.7. The fourth-order valence-corrected chi connectivity index (χ4v) is 4.19. The van der Waals surface area contributed by atoms with Gasteiger partial charge in [-0.3, -0.25) is 0 Å². The summed E-state index contributed by atoms with van der Waals surface area (Å²) in [4.78, 5) is 15.6. The molecular weight excluding hydrogens is 438 g/mol. The van der Waals surface area contributed by atoms with E-state index in [1.54, 1.807) is 17.2 Å². The molecule has 9 heteroatoms. The molecule has 9 nitrogen and oxygen atoms in total. The van der Waals surface area contributed by atoms with Crippen LogP contribution in [0.5, 0.6) is 0 Å². The van der Waals surface area contributed by atoms with E-state index in [9.17, 15) is 5.26 Å². The van der Waals surface area contributed by atoms with Crippen LogP contribution < -0.4 is 10.6 Å². The standard InChI is InChI=1S/C26H27N9/c1-18-29-17-35(33-18)24-5-3-21(4-6-24)31-26-28-10-7-25(32-26)20-13-19(16-27)14-23(15-20)30-22-8-11-34(2)12-9-22/h3-7,10,13-15,17,22,30H,8-9,11-12H2,1-2H3,(H,28,31,32). The molecule has 176 valence electrons. The summed E-state index contributed by atoms with van der Waals surface area (Å²) in [5.41, 5.74) is 4.95. The van der Waals surface area contributed by atoms with Gasteiger partial charge in [-0.1, -0.05) is 0 Å². The van der Waals surface area contributed by atoms with Crippen LogP contribution in [0.2, 0.25) is 0 Å². The number of aryl methyl sites for hydroxylation is 1. The first kappa shape index (κ1) is 22.5. The number of nitriles is 1. The Balaban J connectivity index is 1.34. The summed E-state index contributed by atoms with van der Waals surface area (Å²) in [6.07, 6.45) is 5.58. The molecule has 0 aliphatic carbocycles. The predicted molar refractivity (Wildman–Crippen MR) is 136 cm³/mol. The van der Waals surface area contributed by atoms with Crippen molar-refractivity contribution in [2.75, 3.05) is 30.8 Å². The Kier molecular flexibility index (Phi) is 6.37. The van der Waals surface area contributed by atoms with E-state index in [1.165, 1.54) is 0 Å². The molecular formula is C26H27N9. The third-order valence-corrected chi connectivity index (χ3v) is 6.10. The monoisotopic (exact) mass is 465 g/mol. The minimum atomic E-state index is 0.403. The van der Waals surface area contributed by atoms with Gasteiger partial charge in [-0.25, -0.2) is 19.6 Å². The first-order valence-corrected chi connectivity index (χ1v) is 11.7. The van der Waals surface area contributed by atoms with Gasteiger partial charge in [0.15, 0.2) is 0 Å². The maximum absolute atomic E-state index is 9.59. The van der Waals surface area contributed by atoms with Gasteiger partial charge in [0, 0.05) is 29.2 Å². The number of hydrogen-bond acceptors (Lipinski definition) is 8. The lowest BCUT2D eigenvalue weighted by Gasteiger charge is -2.30. The molecule has 0 bridgehead atoms. The largest absolute Gasteiger partial charge is 0.382 e. The molecule has 2 aromatic heterocycles. The van der Waals surface area contributed by atoms with Crippen LogP contribution in [-0.4, -0.2) is 55.8 Å². The van der Waals surface area contributed by atoms with Gasteiger partial charge in [-0.05, 0) is 88.4 Å². The van der Waals surface area contributed by atoms with Crippen molar-refractivity contribution in [2.45, 2.75) is 25.8 Å². The lowest BCUT2D eigenvalue weighted by molar-refractivity contribution is 0.264. The van der Waals surface area contributed by atoms with E-state index in [-0.39, 0.29) is 0 Å². The second kappa shape index (κ2) is 9.91. The summed E-state index contributed by atoms with van der Waals surface area (Å²) in [5, 5.41) is 20.8. The summed E-state index contributed by atoms with van der Waals surface area (Å²) in [7, 11) is 2.15. The molecule has 2 N–H and O–H groups in total. The van der Waals surface area contributed by atoms with Crippen molar-refractivity contribution >= 4 is 17.3 Å². The van der Waals surface area contributed by atoms with E-state index in [1.807, 2.05) is 49.4 Å². The Bertz CT molecular complexity index is 1350. The number of piperidine rings is 1. The molecule has 1 aliphatic rings. The molecule has 0 saturated carbocycles. The van der Waals surface area contributed by atoms with Crippen molar-refractivity contribution in [2.24, 2.45) is 0 Å². The zero-order valence-electron chi connectivity index (χ0n) is 19.8. The highest BCUT2D eigenvalue weighted by Gasteiger charge is 2.17. The van der Waals surface area contributed by atoms with Crippen molar-refractivity contribution < 1.29 is 0 Å². The molecule has 1 saturated heterocycles. The van der Waals surface area contributed by atoms with Gasteiger partial charge in [0.1, 0.15) is 12.2 Å². The minimum Gasteiger partial charge on any atom is -0.382 e. The van der Waals surface area contributed by atoms with Gasteiger partial charge in [0.25, 0.3) is 0 Å². The zero-order valence-corrected chi connectivity index (χ0v) is 19.8. The zero-order chi connectivity index (χ0) is 24.2. The summed E-state index contributed by atoms with van der Waals surface area (Å²) in [5.74, 6) is 1.21. The fourth-order valence-electron chi connectivity index (χ4n) is 4.19. The number of nitrogens with zero attached hydrogens (tertiary/aromatic N) is 7. The highest BCUT2D eigenvalue weighted by Crippen LogP contribution is 2.26. The number of aromatic nitrogens is 5. The highest BCUT2D eigenvalue weighted by molar-refractivity contribution is 5.69. The molecule has 0 radical (unpaired) electrons. The van der Waals surface area contributed by atoms with Crippen molar-refractivity contribution in [3.63, 3.8) is 0 Å². The van der Waals surface area contributed by atoms with E-state index >= 15 is 0 Å². The molecule has 0 amide bonds. The van der Waals surface area contributed by atoms with Crippen LogP contribution in [0.25, 0.3) is 16.9 Å². The average molecular weight is 466 g/mol. The summed E-state index contributed by atoms with van der Waals surface area (Å²) in [6, 6.07) is 18.2. The van der Waals surface area contributed by atoms with Gasteiger partial charge in [-0.2, -0.15) is 10.4 Å². The Labute approximate surface area is 204 Å². The smallest absolute Gasteiger partial charge is 0.227 e. The van der Waals surface area contributed by atoms with E-state index < -0.39 is 0 Å². The van der Waals surface area contributed by atoms with Crippen LogP contribution in [0, 0.1) is 18.3 Å². The van der Waals surface area contributed by atoms with Crippen LogP contribution >= 0.6 is 0 Å². The first-order chi connectivity index (χ1) is 17.1. The van der Waals surface area contributed by atoms with Crippen molar-refractivity contribution in [1.29, 1.82) is 5.26 Å². The van der Waals surface area contributed by atoms with Crippen LogP contribution in [0.4, 0.5) is 17.3 Å². The third kappa shape index (κ3) is 5.45. The average Bonchev–Trinajstić information content (AvgIpc) is 3.32. The fraction of sp³-hybridized carbons (Fsp3) is 0.269. The van der Waals surface area contributed by atoms with Crippen LogP contribution in [0.15, 0.2) is 61.1 Å². The Hall–Kier alpha value is -4.29. The van der Waals surface area contributed by atoms with E-state index in [4.69, 9.17) is 4.98 Å². The normalized spacial score (nSPS) is 14.4. The number of likely N-dealkylation sites (tertiary alicyclic amines) is 1. The lowest BCUT2D eigenvalue weighted by Crippen LogP contribution is -2.36. The number of rotatable bonds is 6.